The Kier molecular flexibility index (Phi) is 3.38. The van der Waals surface area contributed by atoms with Gasteiger partial charge in [-0.2, -0.15) is 0 Å². The maximum absolute atomic E-state index is 11.1. The van der Waals surface area contributed by atoms with E-state index in [-0.39, 0.29) is 5.41 Å². The van der Waals surface area contributed by atoms with E-state index >= 15 is 0 Å². The Morgan fingerprint density at radius 3 is 1.64 bits per heavy atom. The lowest BCUT2D eigenvalue weighted by Gasteiger charge is -2.17. The standard InChI is InChI=1S/C7H16O2Si2/c1-6(8)10(7(2)9)11(3,4)5/h8H,1-5H3/b10-6+. The topological polar surface area (TPSA) is 37.3 Å². The molecule has 0 unspecified atom stereocenters. The van der Waals surface area contributed by atoms with Crippen LogP contribution in [0.3, 0.4) is 0 Å². The van der Waals surface area contributed by atoms with Gasteiger partial charge in [-0.1, -0.05) is 19.6 Å². The van der Waals surface area contributed by atoms with Gasteiger partial charge in [0.15, 0.2) is 0 Å². The molecule has 0 aliphatic carbocycles. The SMILES string of the molecule is CC(=O)/[Si](=C(/C)O)[Si](C)(C)C. The van der Waals surface area contributed by atoms with Crippen molar-refractivity contribution in [3.63, 3.8) is 0 Å². The fourth-order valence-corrected chi connectivity index (χ4v) is 10.4. The Balaban J connectivity index is 4.96. The fraction of sp³-hybridized carbons (Fsp3) is 0.714. The molecule has 0 rings (SSSR count). The number of carbonyl (C=O) groups is 1. The van der Waals surface area contributed by atoms with Crippen LogP contribution < -0.4 is 0 Å². The van der Waals surface area contributed by atoms with Crippen molar-refractivity contribution in [2.24, 2.45) is 0 Å². The number of rotatable bonds is 2. The minimum absolute atomic E-state index is 0.189. The lowest BCUT2D eigenvalue weighted by molar-refractivity contribution is -0.110. The van der Waals surface area contributed by atoms with Gasteiger partial charge in [0, 0.05) is 0 Å². The van der Waals surface area contributed by atoms with Gasteiger partial charge >= 0.3 is 0 Å². The van der Waals surface area contributed by atoms with Crippen molar-refractivity contribution in [3.05, 3.63) is 0 Å². The Morgan fingerprint density at radius 1 is 1.27 bits per heavy atom. The van der Waals surface area contributed by atoms with Crippen LogP contribution in [0.4, 0.5) is 0 Å². The van der Waals surface area contributed by atoms with Crippen LogP contribution >= 0.6 is 0 Å². The molecular weight excluding hydrogens is 172 g/mol. The van der Waals surface area contributed by atoms with E-state index in [1.54, 1.807) is 13.8 Å². The summed E-state index contributed by atoms with van der Waals surface area (Å²) in [6.07, 6.45) is 0. The van der Waals surface area contributed by atoms with Crippen molar-refractivity contribution in [1.29, 1.82) is 0 Å². The summed E-state index contributed by atoms with van der Waals surface area (Å²) in [5.41, 5.74) is 0. The van der Waals surface area contributed by atoms with Crippen LogP contribution in [0.15, 0.2) is 0 Å². The van der Waals surface area contributed by atoms with E-state index in [9.17, 15) is 9.90 Å². The molecular formula is C7H16O2Si2. The summed E-state index contributed by atoms with van der Waals surface area (Å²) in [7, 11) is -2.67. The van der Waals surface area contributed by atoms with Crippen LogP contribution in [0.5, 0.6) is 0 Å². The number of aliphatic hydroxyl groups excluding tert-OH is 1. The first-order chi connectivity index (χ1) is 4.76. The monoisotopic (exact) mass is 188 g/mol. The van der Waals surface area contributed by atoms with Crippen molar-refractivity contribution in [1.82, 2.24) is 0 Å². The second kappa shape index (κ2) is 3.45. The minimum atomic E-state index is -1.45. The van der Waals surface area contributed by atoms with Crippen molar-refractivity contribution >= 4 is 26.3 Å². The van der Waals surface area contributed by atoms with Gasteiger partial charge < -0.3 is 9.90 Å². The van der Waals surface area contributed by atoms with E-state index in [2.05, 4.69) is 19.6 Å². The lowest BCUT2D eigenvalue weighted by atomic mass is 10.9. The Hall–Kier alpha value is -0.226. The molecule has 0 fully saturated rings. The van der Waals surface area contributed by atoms with Gasteiger partial charge in [-0.3, -0.25) is 0 Å². The summed E-state index contributed by atoms with van der Waals surface area (Å²) in [5, 5.41) is 9.86. The lowest BCUT2D eigenvalue weighted by Crippen LogP contribution is -2.45. The van der Waals surface area contributed by atoms with Crippen molar-refractivity contribution in [2.75, 3.05) is 0 Å². The molecule has 0 aromatic rings. The normalized spacial score (nSPS) is 14.3. The molecule has 0 saturated carbocycles. The van der Waals surface area contributed by atoms with Crippen LogP contribution in [0.2, 0.25) is 19.6 Å². The minimum Gasteiger partial charge on any atom is -0.518 e. The van der Waals surface area contributed by atoms with Crippen LogP contribution in [0.25, 0.3) is 0 Å². The number of carbonyl (C=O) groups excluding carboxylic acids is 1. The molecule has 64 valence electrons. The van der Waals surface area contributed by atoms with Gasteiger partial charge in [0.05, 0.1) is 12.9 Å². The van der Waals surface area contributed by atoms with Gasteiger partial charge in [-0.15, -0.1) is 0 Å². The van der Waals surface area contributed by atoms with Crippen LogP contribution in [0, 0.1) is 0 Å². The summed E-state index contributed by atoms with van der Waals surface area (Å²) < 4.78 is 0. The molecule has 0 bridgehead atoms. The van der Waals surface area contributed by atoms with E-state index in [0.717, 1.165) is 0 Å². The summed E-state index contributed by atoms with van der Waals surface area (Å²) in [5.74, 6) is 0. The molecule has 4 heteroatoms. The number of aliphatic hydroxyl groups is 1. The van der Waals surface area contributed by atoms with Crippen LogP contribution in [0.1, 0.15) is 13.8 Å². The quantitative estimate of drug-likeness (QED) is 0.660. The van der Waals surface area contributed by atoms with E-state index in [4.69, 9.17) is 0 Å². The smallest absolute Gasteiger partial charge is 0.128 e. The van der Waals surface area contributed by atoms with Crippen molar-refractivity contribution in [3.8, 4) is 0 Å². The first-order valence-electron chi connectivity index (χ1n) is 3.68. The van der Waals surface area contributed by atoms with E-state index in [1.807, 2.05) is 0 Å². The van der Waals surface area contributed by atoms with E-state index in [0.29, 0.717) is 5.35 Å². The highest BCUT2D eigenvalue weighted by molar-refractivity contribution is 7.43. The predicted octanol–water partition coefficient (Wildman–Crippen LogP) is 1.13. The highest BCUT2D eigenvalue weighted by Gasteiger charge is 2.27. The second-order valence-corrected chi connectivity index (χ2v) is 16.4. The first-order valence-corrected chi connectivity index (χ1v) is 9.68. The third kappa shape index (κ3) is 3.11. The third-order valence-corrected chi connectivity index (χ3v) is 11.0. The van der Waals surface area contributed by atoms with Gasteiger partial charge in [-0.05, 0) is 13.8 Å². The van der Waals surface area contributed by atoms with E-state index < -0.39 is 15.5 Å². The molecule has 0 aromatic carbocycles. The zero-order chi connectivity index (χ0) is 9.23. The molecule has 0 saturated heterocycles. The molecule has 0 radical (unpaired) electrons. The second-order valence-electron chi connectivity index (χ2n) is 3.77. The average Bonchev–Trinajstić information content (AvgIpc) is 1.54. The predicted molar refractivity (Wildman–Crippen MR) is 52.4 cm³/mol. The number of hydrogen-bond donors (Lipinski definition) is 1. The van der Waals surface area contributed by atoms with Crippen molar-refractivity contribution in [2.45, 2.75) is 33.5 Å². The molecule has 2 nitrogen and oxygen atoms in total. The molecule has 0 spiro atoms. The van der Waals surface area contributed by atoms with Gasteiger partial charge in [0.25, 0.3) is 0 Å². The summed E-state index contributed by atoms with van der Waals surface area (Å²) in [6.45, 7) is 9.63. The highest BCUT2D eigenvalue weighted by Crippen LogP contribution is 2.02. The Morgan fingerprint density at radius 2 is 1.64 bits per heavy atom. The number of hydrogen-bond acceptors (Lipinski definition) is 2. The molecule has 0 aromatic heterocycles. The molecule has 11 heavy (non-hydrogen) atoms. The third-order valence-electron chi connectivity index (χ3n) is 1.46. The zero-order valence-electron chi connectivity index (χ0n) is 7.86. The Bertz CT molecular complexity index is 197. The fourth-order valence-electron chi connectivity index (χ4n) is 1.33. The van der Waals surface area contributed by atoms with Gasteiger partial charge in [0.2, 0.25) is 0 Å². The maximum Gasteiger partial charge on any atom is 0.128 e. The molecule has 1 N–H and O–H groups in total. The van der Waals surface area contributed by atoms with E-state index in [1.165, 1.54) is 0 Å². The summed E-state index contributed by atoms with van der Waals surface area (Å²) in [4.78, 5) is 11.1. The van der Waals surface area contributed by atoms with Gasteiger partial charge in [0.1, 0.15) is 13.3 Å². The van der Waals surface area contributed by atoms with Crippen LogP contribution in [-0.2, 0) is 4.79 Å². The Labute approximate surface area is 70.3 Å². The largest absolute Gasteiger partial charge is 0.518 e. The van der Waals surface area contributed by atoms with Gasteiger partial charge in [-0.25, -0.2) is 0 Å². The maximum atomic E-state index is 11.1. The van der Waals surface area contributed by atoms with Crippen molar-refractivity contribution < 1.29 is 9.90 Å². The highest BCUT2D eigenvalue weighted by atomic mass is 29.2. The first kappa shape index (κ1) is 10.8. The molecule has 0 aliphatic heterocycles. The van der Waals surface area contributed by atoms with Crippen LogP contribution in [-0.4, -0.2) is 31.4 Å². The molecule has 0 aliphatic rings. The molecule has 0 atom stereocenters. The molecule has 0 heterocycles. The summed E-state index contributed by atoms with van der Waals surface area (Å²) >= 11 is 0. The summed E-state index contributed by atoms with van der Waals surface area (Å²) in [6, 6.07) is 0. The average molecular weight is 188 g/mol. The molecule has 0 amide bonds. The zero-order valence-corrected chi connectivity index (χ0v) is 9.86.